The highest BCUT2D eigenvalue weighted by Crippen LogP contribution is 2.39. The number of benzene rings is 4. The van der Waals surface area contributed by atoms with E-state index in [0.29, 0.717) is 0 Å². The molecule has 0 amide bonds. The summed E-state index contributed by atoms with van der Waals surface area (Å²) in [4.78, 5) is 0. The van der Waals surface area contributed by atoms with Gasteiger partial charge in [0, 0.05) is 35.4 Å². The van der Waals surface area contributed by atoms with Crippen LogP contribution in [0.25, 0.3) is 33.6 Å². The van der Waals surface area contributed by atoms with Gasteiger partial charge in [-0.2, -0.15) is 10.2 Å². The molecule has 4 nitrogen and oxygen atoms in total. The SMILES string of the molecule is c1ccc(Cc2[nH]nc(-c3n[nH]c(Cc4ccccc4)c3-c3ccccc3)c2-c2ccccc2)cc1. The molecule has 174 valence electrons. The molecule has 0 atom stereocenters. The average molecular weight is 467 g/mol. The van der Waals surface area contributed by atoms with Crippen molar-refractivity contribution in [2.24, 2.45) is 0 Å². The first kappa shape index (κ1) is 21.8. The van der Waals surface area contributed by atoms with E-state index in [9.17, 15) is 0 Å². The fourth-order valence-electron chi connectivity index (χ4n) is 4.79. The summed E-state index contributed by atoms with van der Waals surface area (Å²) in [5.41, 5.74) is 10.8. The Morgan fingerprint density at radius 2 is 0.750 bits per heavy atom. The first-order valence-electron chi connectivity index (χ1n) is 12.2. The number of hydrogen-bond acceptors (Lipinski definition) is 2. The first-order chi connectivity index (χ1) is 17.9. The molecule has 4 heteroatoms. The average Bonchev–Trinajstić information content (AvgIpc) is 3.55. The molecule has 0 aliphatic rings. The zero-order chi connectivity index (χ0) is 24.2. The Morgan fingerprint density at radius 3 is 1.11 bits per heavy atom. The van der Waals surface area contributed by atoms with Gasteiger partial charge in [-0.3, -0.25) is 10.2 Å². The number of nitrogens with one attached hydrogen (secondary N) is 2. The molecule has 0 fully saturated rings. The Bertz CT molecular complexity index is 1430. The largest absolute Gasteiger partial charge is 0.281 e. The van der Waals surface area contributed by atoms with Crippen molar-refractivity contribution in [1.82, 2.24) is 20.4 Å². The lowest BCUT2D eigenvalue weighted by Crippen LogP contribution is -1.93. The zero-order valence-corrected chi connectivity index (χ0v) is 19.9. The van der Waals surface area contributed by atoms with E-state index in [1.807, 2.05) is 24.3 Å². The molecule has 0 saturated heterocycles. The molecule has 2 N–H and O–H groups in total. The quantitative estimate of drug-likeness (QED) is 0.259. The molecule has 6 rings (SSSR count). The third-order valence-electron chi connectivity index (χ3n) is 6.48. The number of hydrogen-bond donors (Lipinski definition) is 2. The summed E-state index contributed by atoms with van der Waals surface area (Å²) < 4.78 is 0. The van der Waals surface area contributed by atoms with Gasteiger partial charge in [-0.05, 0) is 22.3 Å². The van der Waals surface area contributed by atoms with Crippen LogP contribution < -0.4 is 0 Å². The lowest BCUT2D eigenvalue weighted by atomic mass is 9.93. The Hall–Kier alpha value is -4.70. The molecule has 0 radical (unpaired) electrons. The summed E-state index contributed by atoms with van der Waals surface area (Å²) in [5, 5.41) is 16.4. The van der Waals surface area contributed by atoms with Crippen molar-refractivity contribution in [2.75, 3.05) is 0 Å². The van der Waals surface area contributed by atoms with E-state index in [4.69, 9.17) is 10.2 Å². The van der Waals surface area contributed by atoms with Crippen LogP contribution >= 0.6 is 0 Å². The normalized spacial score (nSPS) is 11.0. The van der Waals surface area contributed by atoms with Gasteiger partial charge >= 0.3 is 0 Å². The molecular weight excluding hydrogens is 440 g/mol. The predicted octanol–water partition coefficient (Wildman–Crippen LogP) is 7.32. The fourth-order valence-corrected chi connectivity index (χ4v) is 4.79. The minimum atomic E-state index is 0.764. The van der Waals surface area contributed by atoms with Crippen LogP contribution in [0, 0.1) is 0 Å². The summed E-state index contributed by atoms with van der Waals surface area (Å²) in [7, 11) is 0. The predicted molar refractivity (Wildman–Crippen MR) is 146 cm³/mol. The van der Waals surface area contributed by atoms with Gasteiger partial charge in [-0.15, -0.1) is 0 Å². The van der Waals surface area contributed by atoms with E-state index in [2.05, 4.69) is 107 Å². The highest BCUT2D eigenvalue weighted by atomic mass is 15.2. The third-order valence-corrected chi connectivity index (χ3v) is 6.48. The third kappa shape index (κ3) is 4.37. The van der Waals surface area contributed by atoms with Crippen molar-refractivity contribution in [3.05, 3.63) is 144 Å². The molecule has 0 unspecified atom stereocenters. The number of H-pyrrole nitrogens is 2. The Labute approximate surface area is 210 Å². The highest BCUT2D eigenvalue weighted by molar-refractivity contribution is 5.89. The van der Waals surface area contributed by atoms with Crippen LogP contribution in [0.1, 0.15) is 22.5 Å². The molecule has 0 aliphatic carbocycles. The Kier molecular flexibility index (Phi) is 5.99. The first-order valence-corrected chi connectivity index (χ1v) is 12.2. The zero-order valence-electron chi connectivity index (χ0n) is 19.9. The molecule has 0 spiro atoms. The van der Waals surface area contributed by atoms with Gasteiger partial charge in [0.25, 0.3) is 0 Å². The lowest BCUT2D eigenvalue weighted by Gasteiger charge is -2.09. The summed E-state index contributed by atoms with van der Waals surface area (Å²) in [6, 6.07) is 41.9. The van der Waals surface area contributed by atoms with Crippen molar-refractivity contribution in [3.63, 3.8) is 0 Å². The van der Waals surface area contributed by atoms with Crippen molar-refractivity contribution in [1.29, 1.82) is 0 Å². The summed E-state index contributed by atoms with van der Waals surface area (Å²) in [5.74, 6) is 0. The topological polar surface area (TPSA) is 57.4 Å². The minimum absolute atomic E-state index is 0.764. The van der Waals surface area contributed by atoms with Crippen LogP contribution in [0.4, 0.5) is 0 Å². The lowest BCUT2D eigenvalue weighted by molar-refractivity contribution is 0.983. The second kappa shape index (κ2) is 9.88. The Morgan fingerprint density at radius 1 is 0.417 bits per heavy atom. The van der Waals surface area contributed by atoms with Gasteiger partial charge in [-0.1, -0.05) is 121 Å². The number of aromatic nitrogens is 4. The van der Waals surface area contributed by atoms with Gasteiger partial charge < -0.3 is 0 Å². The van der Waals surface area contributed by atoms with Gasteiger partial charge in [0.2, 0.25) is 0 Å². The Balaban J connectivity index is 1.52. The summed E-state index contributed by atoms with van der Waals surface area (Å²) >= 11 is 0. The van der Waals surface area contributed by atoms with Crippen LogP contribution in [-0.2, 0) is 12.8 Å². The van der Waals surface area contributed by atoms with E-state index < -0.39 is 0 Å². The van der Waals surface area contributed by atoms with Gasteiger partial charge in [0.1, 0.15) is 11.4 Å². The molecule has 2 heterocycles. The van der Waals surface area contributed by atoms with Crippen LogP contribution in [0.3, 0.4) is 0 Å². The number of nitrogens with zero attached hydrogens (tertiary/aromatic N) is 2. The van der Waals surface area contributed by atoms with Crippen LogP contribution in [0.2, 0.25) is 0 Å². The molecular formula is C32H26N4. The molecule has 4 aromatic carbocycles. The van der Waals surface area contributed by atoms with E-state index >= 15 is 0 Å². The number of aromatic amines is 2. The monoisotopic (exact) mass is 466 g/mol. The van der Waals surface area contributed by atoms with E-state index in [1.165, 1.54) is 11.1 Å². The standard InChI is InChI=1S/C32H26N4/c1-5-13-23(14-6-1)21-27-29(25-17-9-3-10-18-25)31(35-33-27)32-30(26-19-11-4-12-20-26)28(34-36-32)22-24-15-7-2-8-16-24/h1-20H,21-22H2,(H,33,35)(H,34,36). The smallest absolute Gasteiger partial charge is 0.121 e. The van der Waals surface area contributed by atoms with Gasteiger partial charge in [0.05, 0.1) is 0 Å². The van der Waals surface area contributed by atoms with Crippen molar-refractivity contribution >= 4 is 0 Å². The van der Waals surface area contributed by atoms with Crippen molar-refractivity contribution in [3.8, 4) is 33.6 Å². The highest BCUT2D eigenvalue weighted by Gasteiger charge is 2.24. The number of rotatable bonds is 7. The van der Waals surface area contributed by atoms with Gasteiger partial charge in [0.15, 0.2) is 0 Å². The van der Waals surface area contributed by atoms with E-state index in [-0.39, 0.29) is 0 Å². The maximum atomic E-state index is 4.86. The minimum Gasteiger partial charge on any atom is -0.281 e. The second-order valence-corrected chi connectivity index (χ2v) is 8.91. The molecule has 0 bridgehead atoms. The van der Waals surface area contributed by atoms with Crippen LogP contribution in [0.15, 0.2) is 121 Å². The van der Waals surface area contributed by atoms with E-state index in [1.54, 1.807) is 0 Å². The molecule has 6 aromatic rings. The van der Waals surface area contributed by atoms with Crippen LogP contribution in [-0.4, -0.2) is 20.4 Å². The van der Waals surface area contributed by atoms with Crippen molar-refractivity contribution < 1.29 is 0 Å². The molecule has 36 heavy (non-hydrogen) atoms. The maximum absolute atomic E-state index is 4.86. The van der Waals surface area contributed by atoms with Crippen LogP contribution in [0.5, 0.6) is 0 Å². The fraction of sp³-hybridized carbons (Fsp3) is 0.0625. The second-order valence-electron chi connectivity index (χ2n) is 8.91. The van der Waals surface area contributed by atoms with E-state index in [0.717, 1.165) is 57.9 Å². The van der Waals surface area contributed by atoms with Crippen molar-refractivity contribution in [2.45, 2.75) is 12.8 Å². The molecule has 0 saturated carbocycles. The summed E-state index contributed by atoms with van der Waals surface area (Å²) in [6.07, 6.45) is 1.53. The molecule has 0 aliphatic heterocycles. The van der Waals surface area contributed by atoms with Gasteiger partial charge in [-0.25, -0.2) is 0 Å². The maximum Gasteiger partial charge on any atom is 0.121 e. The molecule has 2 aromatic heterocycles. The summed E-state index contributed by atoms with van der Waals surface area (Å²) in [6.45, 7) is 0.